The van der Waals surface area contributed by atoms with Gasteiger partial charge in [-0.15, -0.1) is 0 Å². The fourth-order valence-corrected chi connectivity index (χ4v) is 4.18. The van der Waals surface area contributed by atoms with Crippen molar-refractivity contribution >= 4 is 34.0 Å². The largest absolute Gasteiger partial charge is 0.497 e. The number of anilines is 1. The fraction of sp³-hybridized carbons (Fsp3) is 0.444. The van der Waals surface area contributed by atoms with Crippen molar-refractivity contribution in [1.82, 2.24) is 15.6 Å². The lowest BCUT2D eigenvalue weighted by atomic mass is 9.87. The number of nitrogens with one attached hydrogen (secondary N) is 3. The van der Waals surface area contributed by atoms with Crippen LogP contribution < -0.4 is 20.7 Å². The molecule has 3 N–H and O–H groups in total. The van der Waals surface area contributed by atoms with E-state index in [9.17, 15) is 18.0 Å². The van der Waals surface area contributed by atoms with Crippen LogP contribution in [0.25, 0.3) is 0 Å². The summed E-state index contributed by atoms with van der Waals surface area (Å²) in [6.45, 7) is 1.05. The van der Waals surface area contributed by atoms with Crippen LogP contribution >= 0.6 is 22.9 Å². The number of alkyl halides is 1. The predicted molar refractivity (Wildman–Crippen MR) is 105 cm³/mol. The second kappa shape index (κ2) is 9.64. The van der Waals surface area contributed by atoms with E-state index in [1.54, 1.807) is 0 Å². The molecule has 1 aromatic heterocycles. The van der Waals surface area contributed by atoms with Crippen LogP contribution in [-0.2, 0) is 0 Å². The highest BCUT2D eigenvalue weighted by molar-refractivity contribution is 7.19. The van der Waals surface area contributed by atoms with Crippen LogP contribution in [0.2, 0.25) is 4.47 Å². The minimum absolute atomic E-state index is 0.0188. The highest BCUT2D eigenvalue weighted by Crippen LogP contribution is 2.34. The number of rotatable bonds is 6. The van der Waals surface area contributed by atoms with E-state index in [1.165, 1.54) is 13.3 Å². The normalized spacial score (nSPS) is 20.2. The van der Waals surface area contributed by atoms with Gasteiger partial charge in [0.15, 0.2) is 4.47 Å². The number of carbonyl (C=O) groups is 1. The summed E-state index contributed by atoms with van der Waals surface area (Å²) in [5.41, 5.74) is -0.626. The minimum Gasteiger partial charge on any atom is -0.497 e. The molecule has 1 aliphatic heterocycles. The average molecular weight is 449 g/mol. The molecule has 158 valence electrons. The lowest BCUT2D eigenvalue weighted by molar-refractivity contribution is 0.192. The summed E-state index contributed by atoms with van der Waals surface area (Å²) in [6.07, 6.45) is -0.0236. The van der Waals surface area contributed by atoms with Crippen molar-refractivity contribution in [2.45, 2.75) is 25.1 Å². The zero-order valence-corrected chi connectivity index (χ0v) is 17.0. The second-order valence-corrected chi connectivity index (χ2v) is 8.26. The molecule has 2 unspecified atom stereocenters. The Labute approximate surface area is 174 Å². The van der Waals surface area contributed by atoms with Gasteiger partial charge in [0.1, 0.15) is 28.6 Å². The van der Waals surface area contributed by atoms with Gasteiger partial charge in [0, 0.05) is 24.7 Å². The molecule has 1 aromatic carbocycles. The number of halogens is 4. The molecule has 2 aromatic rings. The summed E-state index contributed by atoms with van der Waals surface area (Å²) in [5, 5.41) is 9.02. The Bertz CT molecular complexity index is 846. The van der Waals surface area contributed by atoms with Crippen LogP contribution in [0.4, 0.5) is 23.0 Å². The molecular formula is C18H20ClF3N4O2S. The van der Waals surface area contributed by atoms with Crippen molar-refractivity contribution in [3.8, 4) is 5.75 Å². The summed E-state index contributed by atoms with van der Waals surface area (Å²) < 4.78 is 48.3. The molecule has 2 amide bonds. The maximum atomic E-state index is 14.8. The smallest absolute Gasteiger partial charge is 0.320 e. The summed E-state index contributed by atoms with van der Waals surface area (Å²) in [4.78, 5) is 16.1. The van der Waals surface area contributed by atoms with Crippen molar-refractivity contribution in [3.63, 3.8) is 0 Å². The number of aromatic nitrogens is 1. The molecule has 0 radical (unpaired) electrons. The first-order valence-corrected chi connectivity index (χ1v) is 10.1. The van der Waals surface area contributed by atoms with Gasteiger partial charge in [-0.25, -0.2) is 22.9 Å². The molecule has 11 heteroatoms. The molecule has 29 heavy (non-hydrogen) atoms. The molecule has 2 heterocycles. The van der Waals surface area contributed by atoms with Crippen LogP contribution in [0.5, 0.6) is 5.75 Å². The molecule has 1 saturated heterocycles. The highest BCUT2D eigenvalue weighted by atomic mass is 35.5. The summed E-state index contributed by atoms with van der Waals surface area (Å²) >= 11 is 6.85. The number of hydrogen-bond acceptors (Lipinski definition) is 5. The first kappa shape index (κ1) is 21.7. The Balaban J connectivity index is 1.65. The van der Waals surface area contributed by atoms with Gasteiger partial charge in [0.05, 0.1) is 18.9 Å². The lowest BCUT2D eigenvalue weighted by Crippen LogP contribution is -2.50. The Kier molecular flexibility index (Phi) is 7.20. The number of nitrogens with zero attached hydrogens (tertiary/aromatic N) is 1. The van der Waals surface area contributed by atoms with E-state index in [0.717, 1.165) is 23.5 Å². The van der Waals surface area contributed by atoms with Gasteiger partial charge in [0.2, 0.25) is 0 Å². The van der Waals surface area contributed by atoms with Gasteiger partial charge in [-0.2, -0.15) is 0 Å². The first-order chi connectivity index (χ1) is 13.9. The van der Waals surface area contributed by atoms with Gasteiger partial charge >= 0.3 is 6.03 Å². The number of ether oxygens (including phenoxy) is 1. The van der Waals surface area contributed by atoms with Crippen LogP contribution in [0.1, 0.15) is 24.6 Å². The Hall–Kier alpha value is -2.04. The van der Waals surface area contributed by atoms with Crippen LogP contribution in [0.3, 0.4) is 0 Å². The molecule has 1 aliphatic rings. The quantitative estimate of drug-likeness (QED) is 0.616. The Morgan fingerprint density at radius 2 is 2.17 bits per heavy atom. The Morgan fingerprint density at radius 1 is 1.45 bits per heavy atom. The molecule has 0 bridgehead atoms. The fourth-order valence-electron chi connectivity index (χ4n) is 3.35. The van der Waals surface area contributed by atoms with E-state index in [4.69, 9.17) is 16.3 Å². The van der Waals surface area contributed by atoms with E-state index in [1.807, 2.05) is 0 Å². The van der Waals surface area contributed by atoms with Crippen LogP contribution in [-0.4, -0.2) is 37.3 Å². The topological polar surface area (TPSA) is 75.3 Å². The molecule has 3 rings (SSSR count). The van der Waals surface area contributed by atoms with Gasteiger partial charge in [-0.1, -0.05) is 22.9 Å². The number of benzene rings is 1. The van der Waals surface area contributed by atoms with Gasteiger partial charge < -0.3 is 15.4 Å². The zero-order valence-electron chi connectivity index (χ0n) is 15.5. The molecule has 0 saturated carbocycles. The standard InChI is InChI=1S/C18H20ClF3N4O2S/c1-28-10-5-12(21)16(13(22)6-10)11(20)4-9-7-23-3-2-14(9)25-18(27)26-15-8-24-17(19)29-15/h5-6,8-9,11,14,23H,2-4,7H2,1H3,(H2,25,26,27)/t9?,11-,14?/m1/s1. The SMILES string of the molecule is COc1cc(F)c([C@H](F)CC2CNCCC2NC(=O)Nc2cnc(Cl)s2)c(F)c1. The van der Waals surface area contributed by atoms with Crippen molar-refractivity contribution < 1.29 is 22.7 Å². The number of thiazole rings is 1. The highest BCUT2D eigenvalue weighted by Gasteiger charge is 2.31. The van der Waals surface area contributed by atoms with Gasteiger partial charge in [-0.05, 0) is 25.3 Å². The van der Waals surface area contributed by atoms with E-state index in [-0.39, 0.29) is 24.1 Å². The van der Waals surface area contributed by atoms with Crippen molar-refractivity contribution in [2.24, 2.45) is 5.92 Å². The third-order valence-electron chi connectivity index (χ3n) is 4.75. The molecule has 6 nitrogen and oxygen atoms in total. The van der Waals surface area contributed by atoms with E-state index >= 15 is 0 Å². The molecule has 1 fully saturated rings. The summed E-state index contributed by atoms with van der Waals surface area (Å²) in [6, 6.07) is 1.07. The maximum Gasteiger partial charge on any atom is 0.320 e. The summed E-state index contributed by atoms with van der Waals surface area (Å²) in [5.74, 6) is -2.37. The van der Waals surface area contributed by atoms with E-state index < -0.39 is 29.4 Å². The van der Waals surface area contributed by atoms with Crippen molar-refractivity contribution in [1.29, 1.82) is 0 Å². The number of piperidine rings is 1. The zero-order chi connectivity index (χ0) is 21.0. The molecule has 3 atom stereocenters. The average Bonchev–Trinajstić information content (AvgIpc) is 3.07. The van der Waals surface area contributed by atoms with Gasteiger partial charge in [-0.3, -0.25) is 5.32 Å². The van der Waals surface area contributed by atoms with E-state index in [0.29, 0.717) is 29.0 Å². The monoisotopic (exact) mass is 448 g/mol. The third kappa shape index (κ3) is 5.52. The number of methoxy groups -OCH3 is 1. The summed E-state index contributed by atoms with van der Waals surface area (Å²) in [7, 11) is 1.27. The number of hydrogen-bond donors (Lipinski definition) is 3. The maximum absolute atomic E-state index is 14.8. The van der Waals surface area contributed by atoms with Crippen LogP contribution in [0, 0.1) is 17.6 Å². The van der Waals surface area contributed by atoms with Crippen molar-refractivity contribution in [2.75, 3.05) is 25.5 Å². The Morgan fingerprint density at radius 3 is 2.79 bits per heavy atom. The van der Waals surface area contributed by atoms with Crippen LogP contribution in [0.15, 0.2) is 18.3 Å². The van der Waals surface area contributed by atoms with Gasteiger partial charge in [0.25, 0.3) is 0 Å². The minimum atomic E-state index is -1.86. The van der Waals surface area contributed by atoms with E-state index in [2.05, 4.69) is 20.9 Å². The number of urea groups is 1. The predicted octanol–water partition coefficient (Wildman–Crippen LogP) is 4.28. The lowest BCUT2D eigenvalue weighted by Gasteiger charge is -2.33. The number of amides is 2. The molecular weight excluding hydrogens is 429 g/mol. The first-order valence-electron chi connectivity index (χ1n) is 8.94. The second-order valence-electron chi connectivity index (χ2n) is 6.64. The molecule has 0 spiro atoms. The molecule has 0 aliphatic carbocycles. The third-order valence-corrected chi connectivity index (χ3v) is 5.78. The van der Waals surface area contributed by atoms with Crippen molar-refractivity contribution in [3.05, 3.63) is 40.0 Å². The number of carbonyl (C=O) groups excluding carboxylic acids is 1.